The summed E-state index contributed by atoms with van der Waals surface area (Å²) in [4.78, 5) is 2.14. The molecule has 0 spiro atoms. The van der Waals surface area contributed by atoms with Crippen molar-refractivity contribution < 1.29 is 9.84 Å². The van der Waals surface area contributed by atoms with Crippen LogP contribution in [0.15, 0.2) is 30.3 Å². The zero-order valence-corrected chi connectivity index (χ0v) is 12.2. The van der Waals surface area contributed by atoms with Crippen molar-refractivity contribution >= 4 is 0 Å². The molecule has 0 aliphatic heterocycles. The van der Waals surface area contributed by atoms with Crippen LogP contribution in [0.3, 0.4) is 0 Å². The fourth-order valence-corrected chi connectivity index (χ4v) is 2.21. The van der Waals surface area contributed by atoms with Crippen LogP contribution in [0.25, 0.3) is 0 Å². The first kappa shape index (κ1) is 16.1. The molecule has 0 aromatic heterocycles. The molecule has 2 atom stereocenters. The summed E-state index contributed by atoms with van der Waals surface area (Å²) in [5, 5.41) is 13.0. The summed E-state index contributed by atoms with van der Waals surface area (Å²) < 4.78 is 4.93. The minimum Gasteiger partial charge on any atom is -0.389 e. The van der Waals surface area contributed by atoms with Crippen LogP contribution >= 0.6 is 0 Å². The van der Waals surface area contributed by atoms with Crippen molar-refractivity contribution in [3.8, 4) is 0 Å². The van der Waals surface area contributed by atoms with Crippen LogP contribution in [0.1, 0.15) is 18.0 Å². The van der Waals surface area contributed by atoms with Crippen molar-refractivity contribution in [3.63, 3.8) is 0 Å². The number of methoxy groups -OCH3 is 1. The lowest BCUT2D eigenvalue weighted by atomic mass is 10.0. The number of aliphatic hydroxyl groups excluding tert-OH is 1. The van der Waals surface area contributed by atoms with Gasteiger partial charge in [0.15, 0.2) is 0 Å². The molecule has 108 valence electrons. The number of ether oxygens (including phenoxy) is 1. The summed E-state index contributed by atoms with van der Waals surface area (Å²) in [7, 11) is 5.61. The Kier molecular flexibility index (Phi) is 7.67. The van der Waals surface area contributed by atoms with Crippen molar-refractivity contribution in [2.45, 2.75) is 18.6 Å². The number of nitrogens with zero attached hydrogens (tertiary/aromatic N) is 1. The van der Waals surface area contributed by atoms with Crippen LogP contribution in [0.5, 0.6) is 0 Å². The molecule has 0 fully saturated rings. The van der Waals surface area contributed by atoms with Gasteiger partial charge in [-0.15, -0.1) is 0 Å². The Morgan fingerprint density at radius 2 is 2.00 bits per heavy atom. The predicted octanol–water partition coefficient (Wildman–Crippen LogP) is 1.28. The maximum atomic E-state index is 9.68. The van der Waals surface area contributed by atoms with Crippen LogP contribution in [-0.2, 0) is 4.74 Å². The van der Waals surface area contributed by atoms with Gasteiger partial charge in [0.05, 0.1) is 12.7 Å². The Balaban J connectivity index is 2.37. The van der Waals surface area contributed by atoms with Crippen molar-refractivity contribution in [1.29, 1.82) is 0 Å². The van der Waals surface area contributed by atoms with E-state index in [2.05, 4.69) is 34.5 Å². The molecule has 1 rings (SSSR count). The first-order valence-electron chi connectivity index (χ1n) is 6.75. The lowest BCUT2D eigenvalue weighted by Crippen LogP contribution is -2.34. The molecule has 2 N–H and O–H groups in total. The van der Waals surface area contributed by atoms with Gasteiger partial charge in [0.1, 0.15) is 0 Å². The van der Waals surface area contributed by atoms with Gasteiger partial charge in [-0.05, 0) is 32.6 Å². The molecular weight excluding hydrogens is 240 g/mol. The monoisotopic (exact) mass is 266 g/mol. The molecule has 0 radical (unpaired) electrons. The van der Waals surface area contributed by atoms with Gasteiger partial charge in [0.2, 0.25) is 0 Å². The third kappa shape index (κ3) is 6.16. The van der Waals surface area contributed by atoms with E-state index >= 15 is 0 Å². The molecule has 0 aliphatic rings. The number of nitrogens with one attached hydrogen (secondary N) is 1. The Morgan fingerprint density at radius 1 is 1.32 bits per heavy atom. The Bertz CT molecular complexity index is 332. The summed E-state index contributed by atoms with van der Waals surface area (Å²) >= 11 is 0. The number of likely N-dealkylation sites (N-methyl/N-ethyl adjacent to an activating group) is 1. The molecule has 0 bridgehead atoms. The zero-order valence-electron chi connectivity index (χ0n) is 12.2. The molecule has 0 saturated heterocycles. The van der Waals surface area contributed by atoms with Crippen molar-refractivity contribution in [2.24, 2.45) is 0 Å². The number of aliphatic hydroxyl groups is 1. The third-order valence-electron chi connectivity index (χ3n) is 3.23. The van der Waals surface area contributed by atoms with E-state index in [9.17, 15) is 5.11 Å². The SMILES string of the molecule is CNC(CCN(C)CC(O)COC)c1ccccc1. The Labute approximate surface area is 116 Å². The van der Waals surface area contributed by atoms with Crippen LogP contribution in [-0.4, -0.2) is 57.0 Å². The van der Waals surface area contributed by atoms with E-state index in [-0.39, 0.29) is 0 Å². The minimum atomic E-state index is -0.417. The van der Waals surface area contributed by atoms with E-state index in [0.717, 1.165) is 13.0 Å². The van der Waals surface area contributed by atoms with Gasteiger partial charge in [0.25, 0.3) is 0 Å². The molecule has 1 aromatic carbocycles. The quantitative estimate of drug-likeness (QED) is 0.707. The lowest BCUT2D eigenvalue weighted by molar-refractivity contribution is 0.0426. The molecule has 19 heavy (non-hydrogen) atoms. The van der Waals surface area contributed by atoms with Gasteiger partial charge in [-0.25, -0.2) is 0 Å². The van der Waals surface area contributed by atoms with Gasteiger partial charge >= 0.3 is 0 Å². The fraction of sp³-hybridized carbons (Fsp3) is 0.600. The van der Waals surface area contributed by atoms with Gasteiger partial charge in [-0.2, -0.15) is 0 Å². The average molecular weight is 266 g/mol. The standard InChI is InChI=1S/C15H26N2O2/c1-16-15(13-7-5-4-6-8-13)9-10-17(2)11-14(18)12-19-3/h4-8,14-16,18H,9-12H2,1-3H3. The molecule has 0 aliphatic carbocycles. The molecule has 0 heterocycles. The predicted molar refractivity (Wildman–Crippen MR) is 78.2 cm³/mol. The highest BCUT2D eigenvalue weighted by Gasteiger charge is 2.12. The highest BCUT2D eigenvalue weighted by atomic mass is 16.5. The summed E-state index contributed by atoms with van der Waals surface area (Å²) in [6.07, 6.45) is 0.594. The van der Waals surface area contributed by atoms with Gasteiger partial charge in [-0.3, -0.25) is 0 Å². The summed E-state index contributed by atoms with van der Waals surface area (Å²) in [6, 6.07) is 10.8. The molecule has 0 saturated carbocycles. The number of hydrogen-bond acceptors (Lipinski definition) is 4. The van der Waals surface area contributed by atoms with Gasteiger partial charge in [-0.1, -0.05) is 30.3 Å². The first-order valence-corrected chi connectivity index (χ1v) is 6.75. The second kappa shape index (κ2) is 9.04. The van der Waals surface area contributed by atoms with Crippen molar-refractivity contribution in [2.75, 3.05) is 40.9 Å². The van der Waals surface area contributed by atoms with Crippen molar-refractivity contribution in [3.05, 3.63) is 35.9 Å². The largest absolute Gasteiger partial charge is 0.389 e. The van der Waals surface area contributed by atoms with Crippen LogP contribution < -0.4 is 5.32 Å². The van der Waals surface area contributed by atoms with E-state index in [0.29, 0.717) is 19.2 Å². The van der Waals surface area contributed by atoms with E-state index in [1.54, 1.807) is 7.11 Å². The zero-order chi connectivity index (χ0) is 14.1. The van der Waals surface area contributed by atoms with Crippen LogP contribution in [0.2, 0.25) is 0 Å². The number of benzene rings is 1. The van der Waals surface area contributed by atoms with Crippen molar-refractivity contribution in [1.82, 2.24) is 10.2 Å². The normalized spacial score (nSPS) is 14.6. The highest BCUT2D eigenvalue weighted by Crippen LogP contribution is 2.16. The van der Waals surface area contributed by atoms with Gasteiger partial charge < -0.3 is 20.1 Å². The maximum absolute atomic E-state index is 9.68. The van der Waals surface area contributed by atoms with Crippen LogP contribution in [0.4, 0.5) is 0 Å². The molecule has 4 heteroatoms. The summed E-state index contributed by atoms with van der Waals surface area (Å²) in [5.74, 6) is 0. The Hall–Kier alpha value is -0.940. The topological polar surface area (TPSA) is 44.7 Å². The number of hydrogen-bond donors (Lipinski definition) is 2. The highest BCUT2D eigenvalue weighted by molar-refractivity contribution is 5.18. The van der Waals surface area contributed by atoms with E-state index in [1.807, 2.05) is 20.2 Å². The second-order valence-electron chi connectivity index (χ2n) is 4.91. The van der Waals surface area contributed by atoms with Gasteiger partial charge in [0, 0.05) is 19.7 Å². The molecule has 0 amide bonds. The number of rotatable bonds is 9. The summed E-state index contributed by atoms with van der Waals surface area (Å²) in [5.41, 5.74) is 1.30. The molecule has 1 aromatic rings. The molecular formula is C15H26N2O2. The minimum absolute atomic E-state index is 0.350. The fourth-order valence-electron chi connectivity index (χ4n) is 2.21. The second-order valence-corrected chi connectivity index (χ2v) is 4.91. The first-order chi connectivity index (χ1) is 9.17. The Morgan fingerprint density at radius 3 is 2.58 bits per heavy atom. The summed E-state index contributed by atoms with van der Waals surface area (Å²) in [6.45, 7) is 1.96. The van der Waals surface area contributed by atoms with Crippen LogP contribution in [0, 0.1) is 0 Å². The lowest BCUT2D eigenvalue weighted by Gasteiger charge is -2.23. The maximum Gasteiger partial charge on any atom is 0.0899 e. The molecule has 4 nitrogen and oxygen atoms in total. The van der Waals surface area contributed by atoms with E-state index in [4.69, 9.17) is 4.74 Å². The average Bonchev–Trinajstić information content (AvgIpc) is 2.41. The molecule has 2 unspecified atom stereocenters. The van der Waals surface area contributed by atoms with E-state index in [1.165, 1.54) is 5.56 Å². The third-order valence-corrected chi connectivity index (χ3v) is 3.23. The van der Waals surface area contributed by atoms with E-state index < -0.39 is 6.10 Å². The smallest absolute Gasteiger partial charge is 0.0899 e.